The van der Waals surface area contributed by atoms with Crippen LogP contribution in [-0.2, 0) is 18.4 Å². The molecule has 0 saturated carbocycles. The summed E-state index contributed by atoms with van der Waals surface area (Å²) in [4.78, 5) is 15.6. The topological polar surface area (TPSA) is 32.3 Å². The van der Waals surface area contributed by atoms with Gasteiger partial charge in [0.15, 0.2) is 0 Å². The van der Waals surface area contributed by atoms with E-state index in [4.69, 9.17) is 0 Å². The average Bonchev–Trinajstić information content (AvgIpc) is 3.37. The number of carbonyl (C=O) groups excluding carboxylic acids is 1. The molecule has 0 radical (unpaired) electrons. The van der Waals surface area contributed by atoms with Gasteiger partial charge in [0.1, 0.15) is 0 Å². The van der Waals surface area contributed by atoms with Crippen molar-refractivity contribution in [1.82, 2.24) is 0 Å². The molecule has 0 saturated heterocycles. The first-order valence-corrected chi connectivity index (χ1v) is 13.1. The van der Waals surface area contributed by atoms with Gasteiger partial charge < -0.3 is 10.2 Å². The zero-order chi connectivity index (χ0) is 24.8. The van der Waals surface area contributed by atoms with E-state index in [0.717, 1.165) is 42.6 Å². The van der Waals surface area contributed by atoms with Crippen molar-refractivity contribution < 1.29 is 4.79 Å². The number of carbonyl (C=O) groups is 1. The highest BCUT2D eigenvalue weighted by atomic mass is 16.2. The van der Waals surface area contributed by atoms with E-state index in [0.29, 0.717) is 0 Å². The molecule has 1 unspecified atom stereocenters. The lowest BCUT2D eigenvalue weighted by atomic mass is 9.78. The molecule has 5 aromatic rings. The van der Waals surface area contributed by atoms with Crippen LogP contribution in [0.25, 0.3) is 10.8 Å². The molecule has 3 heteroatoms. The van der Waals surface area contributed by atoms with Crippen LogP contribution in [0.5, 0.6) is 0 Å². The highest BCUT2D eigenvalue weighted by Gasteiger charge is 2.41. The second-order valence-electron chi connectivity index (χ2n) is 10.2. The predicted molar refractivity (Wildman–Crippen MR) is 151 cm³/mol. The summed E-state index contributed by atoms with van der Waals surface area (Å²) in [5.74, 6) is 0.0700. The van der Waals surface area contributed by atoms with Crippen LogP contribution in [0.2, 0.25) is 0 Å². The van der Waals surface area contributed by atoms with Crippen molar-refractivity contribution in [2.45, 2.75) is 24.8 Å². The van der Waals surface area contributed by atoms with E-state index >= 15 is 0 Å². The molecule has 7 rings (SSSR count). The number of fused-ring (bicyclic) bond motifs is 3. The van der Waals surface area contributed by atoms with Crippen LogP contribution in [0.4, 0.5) is 11.4 Å². The largest absolute Gasteiger partial charge is 0.371 e. The first kappa shape index (κ1) is 21.9. The summed E-state index contributed by atoms with van der Waals surface area (Å²) in [5, 5.41) is 6.38. The molecule has 5 aromatic carbocycles. The molecule has 0 bridgehead atoms. The lowest BCUT2D eigenvalue weighted by molar-refractivity contribution is 0.0985. The quantitative estimate of drug-likeness (QED) is 0.293. The first-order chi connectivity index (χ1) is 18.2. The molecule has 180 valence electrons. The maximum Gasteiger partial charge on any atom is 0.258 e. The van der Waals surface area contributed by atoms with Crippen LogP contribution < -0.4 is 10.2 Å². The molecular formula is C34H28N2O. The van der Waals surface area contributed by atoms with E-state index in [9.17, 15) is 4.79 Å². The molecular weight excluding hydrogens is 452 g/mol. The number of nitrogens with one attached hydrogen (secondary N) is 1. The van der Waals surface area contributed by atoms with E-state index in [2.05, 4.69) is 102 Å². The van der Waals surface area contributed by atoms with Crippen LogP contribution in [0, 0.1) is 0 Å². The maximum absolute atomic E-state index is 13.6. The van der Waals surface area contributed by atoms with Crippen LogP contribution in [0.3, 0.4) is 0 Å². The fraction of sp³-hybridized carbons (Fsp3) is 0.147. The van der Waals surface area contributed by atoms with Gasteiger partial charge in [-0.1, -0.05) is 91.0 Å². The summed E-state index contributed by atoms with van der Waals surface area (Å²) in [5.41, 5.74) is 7.50. The minimum Gasteiger partial charge on any atom is -0.371 e. The number of aryl methyl sites for hydroxylation is 1. The van der Waals surface area contributed by atoms with Gasteiger partial charge in [0, 0.05) is 29.9 Å². The van der Waals surface area contributed by atoms with Crippen molar-refractivity contribution in [3.8, 4) is 0 Å². The molecule has 1 amide bonds. The summed E-state index contributed by atoms with van der Waals surface area (Å²) in [6, 6.07) is 40.3. The van der Waals surface area contributed by atoms with E-state index in [1.165, 1.54) is 33.2 Å². The van der Waals surface area contributed by atoms with E-state index < -0.39 is 5.54 Å². The Morgan fingerprint density at radius 3 is 2.32 bits per heavy atom. The van der Waals surface area contributed by atoms with Gasteiger partial charge in [0.25, 0.3) is 5.91 Å². The Hall–Kier alpha value is -4.37. The molecule has 37 heavy (non-hydrogen) atoms. The van der Waals surface area contributed by atoms with Gasteiger partial charge in [-0.05, 0) is 70.1 Å². The number of rotatable bonds is 3. The fourth-order valence-electron chi connectivity index (χ4n) is 6.24. The van der Waals surface area contributed by atoms with Crippen LogP contribution in [0.15, 0.2) is 115 Å². The number of amides is 1. The SMILES string of the molecule is O=C(c1ccc(C2(c3cccc4ccccc34)Cc3ccccc3N2)cc1)N1CCCc2ccccc21. The van der Waals surface area contributed by atoms with Gasteiger partial charge >= 0.3 is 0 Å². The average molecular weight is 481 g/mol. The Morgan fingerprint density at radius 1 is 0.730 bits per heavy atom. The number of benzene rings is 5. The number of nitrogens with zero attached hydrogens (tertiary/aromatic N) is 1. The number of para-hydroxylation sites is 2. The number of hydrogen-bond acceptors (Lipinski definition) is 2. The monoisotopic (exact) mass is 480 g/mol. The first-order valence-electron chi connectivity index (χ1n) is 13.1. The lowest BCUT2D eigenvalue weighted by Gasteiger charge is -2.33. The summed E-state index contributed by atoms with van der Waals surface area (Å²) < 4.78 is 0. The van der Waals surface area contributed by atoms with Gasteiger partial charge in [-0.3, -0.25) is 4.79 Å². The Labute approximate surface area is 217 Å². The Kier molecular flexibility index (Phi) is 5.10. The van der Waals surface area contributed by atoms with Gasteiger partial charge in [0.2, 0.25) is 0 Å². The third-order valence-electron chi connectivity index (χ3n) is 8.05. The van der Waals surface area contributed by atoms with Crippen molar-refractivity contribution >= 4 is 28.1 Å². The Balaban J connectivity index is 1.31. The highest BCUT2D eigenvalue weighted by Crippen LogP contribution is 2.46. The second kappa shape index (κ2) is 8.63. The summed E-state index contributed by atoms with van der Waals surface area (Å²) in [6.45, 7) is 0.758. The summed E-state index contributed by atoms with van der Waals surface area (Å²) in [7, 11) is 0. The molecule has 2 aliphatic heterocycles. The van der Waals surface area contributed by atoms with Gasteiger partial charge in [0.05, 0.1) is 5.54 Å². The minimum atomic E-state index is -0.413. The van der Waals surface area contributed by atoms with E-state index in [1.807, 2.05) is 23.1 Å². The van der Waals surface area contributed by atoms with Crippen molar-refractivity contribution in [3.63, 3.8) is 0 Å². The van der Waals surface area contributed by atoms with Crippen LogP contribution in [0.1, 0.15) is 39.0 Å². The standard InChI is InChI=1S/C34H28N2O/c37-33(36-22-8-13-25-10-3-6-17-32(25)36)26-18-20-28(21-19-26)34(23-27-11-2-5-16-31(27)35-34)30-15-7-12-24-9-1-4-14-29(24)30/h1-7,9-12,14-21,35H,8,13,22-23H2. The van der Waals surface area contributed by atoms with Crippen molar-refractivity contribution in [2.24, 2.45) is 0 Å². The molecule has 0 fully saturated rings. The lowest BCUT2D eigenvalue weighted by Crippen LogP contribution is -2.36. The van der Waals surface area contributed by atoms with Gasteiger partial charge in [-0.25, -0.2) is 0 Å². The van der Waals surface area contributed by atoms with E-state index in [-0.39, 0.29) is 5.91 Å². The highest BCUT2D eigenvalue weighted by molar-refractivity contribution is 6.06. The van der Waals surface area contributed by atoms with Gasteiger partial charge in [-0.2, -0.15) is 0 Å². The maximum atomic E-state index is 13.6. The predicted octanol–water partition coefficient (Wildman–Crippen LogP) is 7.34. The molecule has 3 nitrogen and oxygen atoms in total. The third-order valence-corrected chi connectivity index (χ3v) is 8.05. The number of anilines is 2. The molecule has 0 aromatic heterocycles. The van der Waals surface area contributed by atoms with Crippen LogP contribution >= 0.6 is 0 Å². The molecule has 0 spiro atoms. The Morgan fingerprint density at radius 2 is 1.46 bits per heavy atom. The smallest absolute Gasteiger partial charge is 0.258 e. The molecule has 2 heterocycles. The zero-order valence-electron chi connectivity index (χ0n) is 20.7. The Bertz CT molecular complexity index is 1610. The van der Waals surface area contributed by atoms with Crippen molar-refractivity contribution in [2.75, 3.05) is 16.8 Å². The third kappa shape index (κ3) is 3.54. The van der Waals surface area contributed by atoms with Crippen LogP contribution in [-0.4, -0.2) is 12.5 Å². The normalized spacial score (nSPS) is 18.2. The molecule has 1 N–H and O–H groups in total. The molecule has 0 aliphatic carbocycles. The summed E-state index contributed by atoms with van der Waals surface area (Å²) >= 11 is 0. The summed E-state index contributed by atoms with van der Waals surface area (Å²) in [6.07, 6.45) is 2.87. The van der Waals surface area contributed by atoms with Gasteiger partial charge in [-0.15, -0.1) is 0 Å². The molecule has 1 atom stereocenters. The zero-order valence-corrected chi connectivity index (χ0v) is 20.7. The van der Waals surface area contributed by atoms with Crippen molar-refractivity contribution in [1.29, 1.82) is 0 Å². The van der Waals surface area contributed by atoms with E-state index in [1.54, 1.807) is 0 Å². The molecule has 2 aliphatic rings. The fourth-order valence-corrected chi connectivity index (χ4v) is 6.24. The van der Waals surface area contributed by atoms with Crippen molar-refractivity contribution in [3.05, 3.63) is 143 Å². The number of hydrogen-bond donors (Lipinski definition) is 1. The minimum absolute atomic E-state index is 0.0700. The second-order valence-corrected chi connectivity index (χ2v) is 10.2.